The predicted octanol–water partition coefficient (Wildman–Crippen LogP) is 1.74. The molecule has 1 aromatic carbocycles. The molecule has 8 heteroatoms. The summed E-state index contributed by atoms with van der Waals surface area (Å²) in [4.78, 5) is 10.8. The van der Waals surface area contributed by atoms with Gasteiger partial charge in [0.25, 0.3) is 0 Å². The molecule has 0 spiro atoms. The number of hydrogen-bond acceptors (Lipinski definition) is 5. The van der Waals surface area contributed by atoms with Crippen LogP contribution in [0.1, 0.15) is 15.9 Å². The second kappa shape index (κ2) is 5.40. The van der Waals surface area contributed by atoms with Crippen molar-refractivity contribution < 1.29 is 9.90 Å². The van der Waals surface area contributed by atoms with Gasteiger partial charge in [0.05, 0.1) is 5.56 Å². The Morgan fingerprint density at radius 2 is 2.33 bits per heavy atom. The fourth-order valence-electron chi connectivity index (χ4n) is 1.27. The largest absolute Gasteiger partial charge is 0.478 e. The fraction of sp³-hybridized carbons (Fsp3) is 0.100. The monoisotopic (exact) mass is 328 g/mol. The summed E-state index contributed by atoms with van der Waals surface area (Å²) in [6.45, 7) is 0. The maximum Gasteiger partial charge on any atom is 0.335 e. The van der Waals surface area contributed by atoms with E-state index >= 15 is 0 Å². The lowest BCUT2D eigenvalue weighted by Crippen LogP contribution is -2.07. The van der Waals surface area contributed by atoms with Gasteiger partial charge in [-0.3, -0.25) is 0 Å². The predicted molar refractivity (Wildman–Crippen MR) is 70.8 cm³/mol. The topological polar surface area (TPSA) is 94.0 Å². The van der Waals surface area contributed by atoms with Gasteiger partial charge in [0.2, 0.25) is 5.16 Å². The molecule has 18 heavy (non-hydrogen) atoms. The molecule has 0 atom stereocenters. The minimum Gasteiger partial charge on any atom is -0.478 e. The number of rotatable bonds is 4. The van der Waals surface area contributed by atoms with Crippen LogP contribution in [0.15, 0.2) is 34.2 Å². The summed E-state index contributed by atoms with van der Waals surface area (Å²) in [5, 5.41) is 17.0. The number of halogens is 1. The van der Waals surface area contributed by atoms with Crippen molar-refractivity contribution in [1.29, 1.82) is 0 Å². The molecule has 0 amide bonds. The van der Waals surface area contributed by atoms with Crippen LogP contribution in [0.5, 0.6) is 0 Å². The van der Waals surface area contributed by atoms with Crippen molar-refractivity contribution in [2.45, 2.75) is 10.9 Å². The Hall–Kier alpha value is -1.54. The van der Waals surface area contributed by atoms with Gasteiger partial charge in [-0.1, -0.05) is 33.8 Å². The van der Waals surface area contributed by atoms with Gasteiger partial charge < -0.3 is 10.9 Å². The van der Waals surface area contributed by atoms with E-state index in [9.17, 15) is 4.79 Å². The Morgan fingerprint density at radius 3 is 2.89 bits per heavy atom. The van der Waals surface area contributed by atoms with Gasteiger partial charge in [0.15, 0.2) is 0 Å². The van der Waals surface area contributed by atoms with Crippen LogP contribution < -0.4 is 5.84 Å². The standard InChI is InChI=1S/C10H9BrN4O2S/c11-8-3-6(9(16)17)1-2-7(8)4-18-10-14-13-5-15(10)12/h1-3,5H,4,12H2,(H,16,17). The Labute approximate surface area is 115 Å². The zero-order chi connectivity index (χ0) is 13.1. The molecule has 0 bridgehead atoms. The van der Waals surface area contributed by atoms with Crippen LogP contribution in [-0.4, -0.2) is 25.9 Å². The molecule has 0 aliphatic heterocycles. The SMILES string of the molecule is Nn1cnnc1SCc1ccc(C(=O)O)cc1Br. The maximum absolute atomic E-state index is 10.8. The first-order valence-corrected chi connectivity index (χ1v) is 6.65. The van der Waals surface area contributed by atoms with E-state index in [0.717, 1.165) is 10.0 Å². The molecule has 0 aliphatic carbocycles. The summed E-state index contributed by atoms with van der Waals surface area (Å²) in [7, 11) is 0. The number of thioether (sulfide) groups is 1. The van der Waals surface area contributed by atoms with E-state index in [4.69, 9.17) is 10.9 Å². The van der Waals surface area contributed by atoms with Crippen molar-refractivity contribution in [2.24, 2.45) is 0 Å². The zero-order valence-electron chi connectivity index (χ0n) is 9.08. The number of nitrogens with two attached hydrogens (primary N) is 1. The van der Waals surface area contributed by atoms with E-state index in [-0.39, 0.29) is 5.56 Å². The Morgan fingerprint density at radius 1 is 1.56 bits per heavy atom. The summed E-state index contributed by atoms with van der Waals surface area (Å²) in [5.74, 6) is 5.26. The van der Waals surface area contributed by atoms with E-state index in [1.54, 1.807) is 18.2 Å². The van der Waals surface area contributed by atoms with Gasteiger partial charge in [-0.2, -0.15) is 0 Å². The van der Waals surface area contributed by atoms with E-state index in [2.05, 4.69) is 26.1 Å². The molecule has 0 radical (unpaired) electrons. The number of nitrogens with zero attached hydrogens (tertiary/aromatic N) is 3. The highest BCUT2D eigenvalue weighted by Gasteiger charge is 2.08. The number of aromatic carboxylic acids is 1. The van der Waals surface area contributed by atoms with Crippen molar-refractivity contribution in [3.05, 3.63) is 40.1 Å². The molecule has 1 aromatic heterocycles. The molecule has 0 aliphatic rings. The molecule has 0 fully saturated rings. The number of carboxylic acid groups (broad SMARTS) is 1. The third kappa shape index (κ3) is 2.82. The van der Waals surface area contributed by atoms with Crippen LogP contribution >= 0.6 is 27.7 Å². The first-order valence-electron chi connectivity index (χ1n) is 4.87. The minimum atomic E-state index is -0.948. The molecular formula is C10H9BrN4O2S. The molecule has 0 saturated heterocycles. The Kier molecular flexibility index (Phi) is 3.87. The summed E-state index contributed by atoms with van der Waals surface area (Å²) >= 11 is 4.77. The van der Waals surface area contributed by atoms with Crippen LogP contribution in [0, 0.1) is 0 Å². The van der Waals surface area contributed by atoms with Crippen molar-refractivity contribution in [3.8, 4) is 0 Å². The highest BCUT2D eigenvalue weighted by molar-refractivity contribution is 9.10. The van der Waals surface area contributed by atoms with Crippen LogP contribution in [0.4, 0.5) is 0 Å². The summed E-state index contributed by atoms with van der Waals surface area (Å²) in [6.07, 6.45) is 1.42. The number of benzene rings is 1. The molecule has 0 saturated carbocycles. The first-order chi connectivity index (χ1) is 8.58. The lowest BCUT2D eigenvalue weighted by molar-refractivity contribution is 0.0697. The van der Waals surface area contributed by atoms with Gasteiger partial charge in [0.1, 0.15) is 6.33 Å². The van der Waals surface area contributed by atoms with Crippen molar-refractivity contribution in [1.82, 2.24) is 14.9 Å². The fourth-order valence-corrected chi connectivity index (χ4v) is 2.82. The number of carboxylic acids is 1. The lowest BCUT2D eigenvalue weighted by Gasteiger charge is -2.05. The number of hydrogen-bond donors (Lipinski definition) is 2. The van der Waals surface area contributed by atoms with E-state index in [1.165, 1.54) is 22.8 Å². The quantitative estimate of drug-likeness (QED) is 0.655. The van der Waals surface area contributed by atoms with Crippen LogP contribution in [-0.2, 0) is 5.75 Å². The summed E-state index contributed by atoms with van der Waals surface area (Å²) in [6, 6.07) is 4.90. The van der Waals surface area contributed by atoms with Crippen molar-refractivity contribution >= 4 is 33.7 Å². The van der Waals surface area contributed by atoms with Gasteiger partial charge >= 0.3 is 5.97 Å². The third-order valence-electron chi connectivity index (χ3n) is 2.20. The molecule has 3 N–H and O–H groups in total. The highest BCUT2D eigenvalue weighted by atomic mass is 79.9. The number of carbonyl (C=O) groups is 1. The van der Waals surface area contributed by atoms with Crippen molar-refractivity contribution in [2.75, 3.05) is 5.84 Å². The van der Waals surface area contributed by atoms with E-state index in [1.807, 2.05) is 0 Å². The highest BCUT2D eigenvalue weighted by Crippen LogP contribution is 2.26. The smallest absolute Gasteiger partial charge is 0.335 e. The number of nitrogen functional groups attached to an aromatic ring is 1. The van der Waals surface area contributed by atoms with Gasteiger partial charge in [-0.25, -0.2) is 9.47 Å². The Bertz CT molecular complexity index is 587. The van der Waals surface area contributed by atoms with E-state index in [0.29, 0.717) is 10.9 Å². The minimum absolute atomic E-state index is 0.248. The second-order valence-electron chi connectivity index (χ2n) is 3.42. The molecule has 0 unspecified atom stereocenters. The van der Waals surface area contributed by atoms with Gasteiger partial charge in [0, 0.05) is 10.2 Å². The first kappa shape index (κ1) is 12.9. The Balaban J connectivity index is 2.11. The molecule has 2 rings (SSSR count). The van der Waals surface area contributed by atoms with Gasteiger partial charge in [-0.15, -0.1) is 10.2 Å². The molecule has 2 aromatic rings. The van der Waals surface area contributed by atoms with Crippen molar-refractivity contribution in [3.63, 3.8) is 0 Å². The molecular weight excluding hydrogens is 320 g/mol. The second-order valence-corrected chi connectivity index (χ2v) is 5.22. The average Bonchev–Trinajstić information content (AvgIpc) is 2.73. The maximum atomic E-state index is 10.8. The third-order valence-corrected chi connectivity index (χ3v) is 3.94. The number of aromatic nitrogens is 3. The molecule has 94 valence electrons. The summed E-state index contributed by atoms with van der Waals surface area (Å²) in [5.41, 5.74) is 1.21. The molecule has 6 nitrogen and oxygen atoms in total. The van der Waals surface area contributed by atoms with Crippen LogP contribution in [0.2, 0.25) is 0 Å². The average molecular weight is 329 g/mol. The molecule has 1 heterocycles. The van der Waals surface area contributed by atoms with Gasteiger partial charge in [-0.05, 0) is 17.7 Å². The van der Waals surface area contributed by atoms with Crippen LogP contribution in [0.3, 0.4) is 0 Å². The lowest BCUT2D eigenvalue weighted by atomic mass is 10.1. The van der Waals surface area contributed by atoms with Crippen LogP contribution in [0.25, 0.3) is 0 Å². The summed E-state index contributed by atoms with van der Waals surface area (Å²) < 4.78 is 2.09. The van der Waals surface area contributed by atoms with E-state index < -0.39 is 5.97 Å². The normalized spacial score (nSPS) is 10.5. The zero-order valence-corrected chi connectivity index (χ0v) is 11.5.